The monoisotopic (exact) mass is 435 g/mol. The number of amides is 1. The lowest BCUT2D eigenvalue weighted by Gasteiger charge is -2.19. The van der Waals surface area contributed by atoms with Crippen molar-refractivity contribution in [3.8, 4) is 0 Å². The Morgan fingerprint density at radius 1 is 1.04 bits per heavy atom. The van der Waals surface area contributed by atoms with Crippen molar-refractivity contribution in [1.29, 1.82) is 0 Å². The molecule has 1 fully saturated rings. The Morgan fingerprint density at radius 2 is 1.68 bits per heavy atom. The molecule has 3 rings (SSSR count). The maximum atomic E-state index is 12.5. The second-order valence-electron chi connectivity index (χ2n) is 5.32. The summed E-state index contributed by atoms with van der Waals surface area (Å²) in [6, 6.07) is 8.33. The first kappa shape index (κ1) is 18.6. The number of aryl methyl sites for hydroxylation is 1. The third kappa shape index (κ3) is 3.69. The maximum absolute atomic E-state index is 12.5. The molecule has 2 aromatic rings. The Morgan fingerprint density at radius 3 is 2.32 bits per heavy atom. The van der Waals surface area contributed by atoms with Gasteiger partial charge in [0.15, 0.2) is 5.38 Å². The predicted octanol–water partition coefficient (Wildman–Crippen LogP) is 5.80. The second-order valence-corrected chi connectivity index (χ2v) is 7.41. The van der Waals surface area contributed by atoms with Crippen molar-refractivity contribution in [3.63, 3.8) is 0 Å². The summed E-state index contributed by atoms with van der Waals surface area (Å²) in [7, 11) is 0. The van der Waals surface area contributed by atoms with Crippen LogP contribution in [0.2, 0.25) is 20.1 Å². The van der Waals surface area contributed by atoms with Crippen molar-refractivity contribution in [2.24, 2.45) is 4.99 Å². The summed E-state index contributed by atoms with van der Waals surface area (Å²) in [5, 5.41) is 1.33. The number of benzene rings is 2. The first-order chi connectivity index (χ1) is 11.8. The third-order valence-electron chi connectivity index (χ3n) is 3.45. The highest BCUT2D eigenvalue weighted by Crippen LogP contribution is 2.38. The largest absolute Gasteiger partial charge is 0.276 e. The molecule has 1 amide bonds. The number of alkyl halides is 1. The first-order valence-electron chi connectivity index (χ1n) is 7.02. The zero-order valence-electron chi connectivity index (χ0n) is 12.7. The number of carbonyl (C=O) groups excluding carboxylic acids is 1. The summed E-state index contributed by atoms with van der Waals surface area (Å²) in [6.07, 6.45) is 0. The molecule has 1 aliphatic rings. The highest BCUT2D eigenvalue weighted by atomic mass is 35.5. The van der Waals surface area contributed by atoms with Gasteiger partial charge in [0.1, 0.15) is 11.5 Å². The van der Waals surface area contributed by atoms with Gasteiger partial charge >= 0.3 is 0 Å². The van der Waals surface area contributed by atoms with Crippen molar-refractivity contribution in [2.45, 2.75) is 12.3 Å². The summed E-state index contributed by atoms with van der Waals surface area (Å²) in [5.41, 5.74) is 4.56. The number of anilines is 1. The van der Waals surface area contributed by atoms with Gasteiger partial charge in [0.2, 0.25) is 0 Å². The van der Waals surface area contributed by atoms with Gasteiger partial charge in [-0.3, -0.25) is 10.2 Å². The Bertz CT molecular complexity index is 876. The van der Waals surface area contributed by atoms with Crippen molar-refractivity contribution in [3.05, 3.63) is 56.0 Å². The Balaban J connectivity index is 2.01. The minimum Gasteiger partial charge on any atom is -0.276 e. The molecule has 0 bridgehead atoms. The fourth-order valence-corrected chi connectivity index (χ4v) is 3.63. The summed E-state index contributed by atoms with van der Waals surface area (Å²) in [6.45, 7) is 1.91. The molecule has 9 heteroatoms. The van der Waals surface area contributed by atoms with Crippen LogP contribution >= 0.6 is 58.0 Å². The Kier molecular flexibility index (Phi) is 5.37. The quantitative estimate of drug-likeness (QED) is 0.604. The van der Waals surface area contributed by atoms with Crippen molar-refractivity contribution in [2.75, 3.05) is 5.01 Å². The zero-order chi connectivity index (χ0) is 18.3. The van der Waals surface area contributed by atoms with Crippen LogP contribution in [-0.4, -0.2) is 17.1 Å². The van der Waals surface area contributed by atoms with Crippen LogP contribution < -0.4 is 10.4 Å². The van der Waals surface area contributed by atoms with Crippen LogP contribution in [-0.2, 0) is 4.79 Å². The standard InChI is InChI=1S/C16H10Cl5N3O/c1-7-2-3-9(18)12(4-7)22-15-13(21)16(25)24(23-15)14-10(19)5-8(17)6-11(14)20/h2-6,13H,1H3,(H,22,23). The molecule has 2 aromatic carbocycles. The molecule has 0 saturated carbocycles. The number of nitrogens with one attached hydrogen (secondary N) is 1. The van der Waals surface area contributed by atoms with Gasteiger partial charge in [0, 0.05) is 5.02 Å². The highest BCUT2D eigenvalue weighted by Gasteiger charge is 2.39. The molecule has 0 radical (unpaired) electrons. The normalized spacial score (nSPS) is 18.8. The molecule has 1 saturated heterocycles. The molecule has 1 unspecified atom stereocenters. The van der Waals surface area contributed by atoms with Gasteiger partial charge in [-0.05, 0) is 36.8 Å². The minimum absolute atomic E-state index is 0.206. The van der Waals surface area contributed by atoms with E-state index in [2.05, 4.69) is 10.4 Å². The van der Waals surface area contributed by atoms with E-state index >= 15 is 0 Å². The molecule has 0 aliphatic carbocycles. The van der Waals surface area contributed by atoms with Crippen LogP contribution in [0.4, 0.5) is 11.4 Å². The molecule has 130 valence electrons. The number of carbonyl (C=O) groups is 1. The van der Waals surface area contributed by atoms with Crippen LogP contribution in [0.3, 0.4) is 0 Å². The number of hydrazine groups is 1. The van der Waals surface area contributed by atoms with E-state index in [4.69, 9.17) is 58.0 Å². The van der Waals surface area contributed by atoms with Gasteiger partial charge in [0.05, 0.1) is 20.8 Å². The lowest BCUT2D eigenvalue weighted by atomic mass is 10.2. The first-order valence-corrected chi connectivity index (χ1v) is 8.96. The van der Waals surface area contributed by atoms with Gasteiger partial charge in [-0.2, -0.15) is 0 Å². The van der Waals surface area contributed by atoms with Gasteiger partial charge < -0.3 is 0 Å². The highest BCUT2D eigenvalue weighted by molar-refractivity contribution is 6.49. The number of nitrogens with zero attached hydrogens (tertiary/aromatic N) is 2. The third-order valence-corrected chi connectivity index (χ3v) is 4.96. The number of halogens is 5. The van der Waals surface area contributed by atoms with Crippen LogP contribution in [0.15, 0.2) is 35.3 Å². The van der Waals surface area contributed by atoms with E-state index < -0.39 is 11.3 Å². The summed E-state index contributed by atoms with van der Waals surface area (Å²) in [5.74, 6) is -0.239. The fourth-order valence-electron chi connectivity index (χ4n) is 2.29. The van der Waals surface area contributed by atoms with Gasteiger partial charge in [0.25, 0.3) is 5.91 Å². The molecular weight excluding hydrogens is 427 g/mol. The molecule has 25 heavy (non-hydrogen) atoms. The smallest absolute Gasteiger partial charge is 0.271 e. The number of aliphatic imine (C=N–C) groups is 1. The lowest BCUT2D eigenvalue weighted by Crippen LogP contribution is -2.36. The molecule has 1 aliphatic heterocycles. The molecule has 1 atom stereocenters. The number of hydrogen-bond donors (Lipinski definition) is 1. The van der Waals surface area contributed by atoms with E-state index in [1.165, 1.54) is 12.1 Å². The molecule has 4 nitrogen and oxygen atoms in total. The van der Waals surface area contributed by atoms with E-state index in [-0.39, 0.29) is 21.6 Å². The van der Waals surface area contributed by atoms with Crippen molar-refractivity contribution < 1.29 is 4.79 Å². The average molecular weight is 438 g/mol. The average Bonchev–Trinajstić information content (AvgIpc) is 2.79. The van der Waals surface area contributed by atoms with Gasteiger partial charge in [-0.1, -0.05) is 52.5 Å². The SMILES string of the molecule is Cc1ccc(Cl)c(N=C2NN(c3c(Cl)cc(Cl)cc3Cl)C(=O)C2Cl)c1. The van der Waals surface area contributed by atoms with Crippen LogP contribution in [0.25, 0.3) is 0 Å². The van der Waals surface area contributed by atoms with Gasteiger partial charge in [-0.25, -0.2) is 10.0 Å². The van der Waals surface area contributed by atoms with Crippen molar-refractivity contribution >= 4 is 81.1 Å². The topological polar surface area (TPSA) is 44.7 Å². The number of rotatable bonds is 2. The second kappa shape index (κ2) is 7.22. The predicted molar refractivity (Wildman–Crippen MR) is 105 cm³/mol. The van der Waals surface area contributed by atoms with E-state index in [1.807, 2.05) is 13.0 Å². The van der Waals surface area contributed by atoms with E-state index in [0.29, 0.717) is 15.7 Å². The lowest BCUT2D eigenvalue weighted by molar-refractivity contribution is -0.116. The molecular formula is C16H10Cl5N3O. The van der Waals surface area contributed by atoms with Crippen LogP contribution in [0.1, 0.15) is 5.56 Å². The van der Waals surface area contributed by atoms with E-state index in [9.17, 15) is 4.79 Å². The van der Waals surface area contributed by atoms with E-state index in [0.717, 1.165) is 10.6 Å². The maximum Gasteiger partial charge on any atom is 0.271 e. The summed E-state index contributed by atoms with van der Waals surface area (Å²) >= 11 is 30.6. The van der Waals surface area contributed by atoms with Gasteiger partial charge in [-0.15, -0.1) is 11.6 Å². The fraction of sp³-hybridized carbons (Fsp3) is 0.125. The zero-order valence-corrected chi connectivity index (χ0v) is 16.4. The number of hydrogen-bond acceptors (Lipinski definition) is 2. The molecule has 1 heterocycles. The summed E-state index contributed by atoms with van der Waals surface area (Å²) in [4.78, 5) is 16.9. The van der Waals surface area contributed by atoms with Crippen LogP contribution in [0, 0.1) is 6.92 Å². The van der Waals surface area contributed by atoms with Crippen LogP contribution in [0.5, 0.6) is 0 Å². The van der Waals surface area contributed by atoms with E-state index in [1.54, 1.807) is 12.1 Å². The molecule has 0 aromatic heterocycles. The number of amidine groups is 1. The molecule has 0 spiro atoms. The Labute approximate surface area is 169 Å². The Hall–Kier alpha value is -1.17. The summed E-state index contributed by atoms with van der Waals surface area (Å²) < 4.78 is 0. The molecule has 1 N–H and O–H groups in total. The minimum atomic E-state index is -1.03. The van der Waals surface area contributed by atoms with Crippen molar-refractivity contribution in [1.82, 2.24) is 5.43 Å².